The Bertz CT molecular complexity index is 702. The Labute approximate surface area is 127 Å². The Morgan fingerprint density at radius 2 is 1.52 bits per heavy atom. The van der Waals surface area contributed by atoms with Crippen LogP contribution in [0, 0.1) is 11.8 Å². The van der Waals surface area contributed by atoms with Gasteiger partial charge in [-0.3, -0.25) is 4.90 Å². The first-order chi connectivity index (χ1) is 9.72. The second kappa shape index (κ2) is 5.52. The van der Waals surface area contributed by atoms with E-state index in [0.29, 0.717) is 0 Å². The molecule has 0 saturated heterocycles. The number of hydrogen-bond donors (Lipinski definition) is 1. The van der Waals surface area contributed by atoms with Gasteiger partial charge in [0.25, 0.3) is 0 Å². The van der Waals surface area contributed by atoms with Crippen LogP contribution in [0.25, 0.3) is 10.8 Å². The van der Waals surface area contributed by atoms with Crippen molar-refractivity contribution in [2.75, 3.05) is 14.1 Å². The van der Waals surface area contributed by atoms with Gasteiger partial charge in [-0.1, -0.05) is 48.2 Å². The maximum absolute atomic E-state index is 10.7. The molecule has 0 aliphatic rings. The van der Waals surface area contributed by atoms with Crippen molar-refractivity contribution in [2.45, 2.75) is 31.9 Å². The van der Waals surface area contributed by atoms with Crippen molar-refractivity contribution in [1.29, 1.82) is 0 Å². The summed E-state index contributed by atoms with van der Waals surface area (Å²) < 4.78 is 0. The fourth-order valence-electron chi connectivity index (χ4n) is 1.95. The first-order valence-electron chi connectivity index (χ1n) is 7.16. The molecule has 2 heteroatoms. The summed E-state index contributed by atoms with van der Waals surface area (Å²) in [4.78, 5) is 2.04. The summed E-state index contributed by atoms with van der Waals surface area (Å²) in [5, 5.41) is 13.0. The van der Waals surface area contributed by atoms with Crippen molar-refractivity contribution in [1.82, 2.24) is 4.90 Å². The van der Waals surface area contributed by atoms with Crippen molar-refractivity contribution in [3.8, 4) is 11.8 Å². The van der Waals surface area contributed by atoms with E-state index < -0.39 is 5.60 Å². The molecule has 2 nitrogen and oxygen atoms in total. The largest absolute Gasteiger partial charge is 0.374 e. The normalized spacial score (nSPS) is 14.6. The van der Waals surface area contributed by atoms with E-state index in [1.165, 1.54) is 5.39 Å². The van der Waals surface area contributed by atoms with Crippen molar-refractivity contribution < 1.29 is 5.11 Å². The first kappa shape index (κ1) is 15.6. The van der Waals surface area contributed by atoms with Crippen LogP contribution in [-0.2, 0) is 5.60 Å². The van der Waals surface area contributed by atoms with E-state index in [0.717, 1.165) is 10.9 Å². The van der Waals surface area contributed by atoms with Crippen LogP contribution in [0.2, 0.25) is 0 Å². The Balaban J connectivity index is 2.40. The Morgan fingerprint density at radius 3 is 2.14 bits per heavy atom. The summed E-state index contributed by atoms with van der Waals surface area (Å²) in [5.41, 5.74) is -0.610. The lowest BCUT2D eigenvalue weighted by Crippen LogP contribution is -2.37. The molecule has 0 spiro atoms. The topological polar surface area (TPSA) is 23.5 Å². The molecular weight excluding hydrogens is 258 g/mol. The highest BCUT2D eigenvalue weighted by Gasteiger charge is 2.23. The minimum Gasteiger partial charge on any atom is -0.374 e. The molecule has 2 rings (SSSR count). The average Bonchev–Trinajstić information content (AvgIpc) is 2.45. The summed E-state index contributed by atoms with van der Waals surface area (Å²) in [6, 6.07) is 14.1. The fraction of sp³-hybridized carbons (Fsp3) is 0.368. The molecule has 1 atom stereocenters. The third-order valence-corrected chi connectivity index (χ3v) is 4.04. The number of benzene rings is 2. The molecule has 0 radical (unpaired) electrons. The van der Waals surface area contributed by atoms with Crippen LogP contribution in [0.5, 0.6) is 0 Å². The van der Waals surface area contributed by atoms with E-state index in [9.17, 15) is 5.11 Å². The molecule has 1 unspecified atom stereocenters. The molecule has 0 aliphatic carbocycles. The van der Waals surface area contributed by atoms with Gasteiger partial charge in [-0.2, -0.15) is 0 Å². The van der Waals surface area contributed by atoms with Crippen LogP contribution >= 0.6 is 0 Å². The maximum Gasteiger partial charge on any atom is 0.148 e. The van der Waals surface area contributed by atoms with E-state index in [4.69, 9.17) is 0 Å². The van der Waals surface area contributed by atoms with Gasteiger partial charge in [-0.15, -0.1) is 0 Å². The molecule has 21 heavy (non-hydrogen) atoms. The molecule has 0 aromatic heterocycles. The molecule has 110 valence electrons. The SMILES string of the molecule is CN(C)C(C)(C)C#CC(C)(O)c1ccc2ccccc2c1. The van der Waals surface area contributed by atoms with Gasteiger partial charge >= 0.3 is 0 Å². The summed E-state index contributed by atoms with van der Waals surface area (Å²) in [6.07, 6.45) is 0. The quantitative estimate of drug-likeness (QED) is 0.853. The monoisotopic (exact) mass is 281 g/mol. The zero-order valence-electron chi connectivity index (χ0n) is 13.4. The first-order valence-corrected chi connectivity index (χ1v) is 7.16. The highest BCUT2D eigenvalue weighted by atomic mass is 16.3. The molecule has 0 saturated carbocycles. The second-order valence-corrected chi connectivity index (χ2v) is 6.34. The molecule has 0 heterocycles. The zero-order chi connectivity index (χ0) is 15.7. The van der Waals surface area contributed by atoms with Crippen molar-refractivity contribution >= 4 is 10.8 Å². The van der Waals surface area contributed by atoms with Crippen LogP contribution in [0.1, 0.15) is 26.3 Å². The van der Waals surface area contributed by atoms with Gasteiger partial charge in [0.1, 0.15) is 5.60 Å². The molecule has 2 aromatic carbocycles. The molecular formula is C19H23NO. The van der Waals surface area contributed by atoms with Crippen LogP contribution in [0.4, 0.5) is 0 Å². The predicted octanol–water partition coefficient (Wildman–Crippen LogP) is 3.39. The van der Waals surface area contributed by atoms with Gasteiger partial charge in [0, 0.05) is 0 Å². The standard InChI is InChI=1S/C19H23NO/c1-18(2,20(4)5)12-13-19(3,21)17-11-10-15-8-6-7-9-16(15)14-17/h6-11,14,21H,1-5H3. The van der Waals surface area contributed by atoms with Crippen LogP contribution in [0.15, 0.2) is 42.5 Å². The third kappa shape index (κ3) is 3.44. The van der Waals surface area contributed by atoms with Crippen LogP contribution in [0.3, 0.4) is 0 Å². The second-order valence-electron chi connectivity index (χ2n) is 6.34. The van der Waals surface area contributed by atoms with Gasteiger partial charge in [0.2, 0.25) is 0 Å². The highest BCUT2D eigenvalue weighted by molar-refractivity contribution is 5.83. The number of fused-ring (bicyclic) bond motifs is 1. The van der Waals surface area contributed by atoms with Crippen molar-refractivity contribution in [2.24, 2.45) is 0 Å². The molecule has 0 amide bonds. The van der Waals surface area contributed by atoms with Gasteiger partial charge < -0.3 is 5.11 Å². The Morgan fingerprint density at radius 1 is 0.905 bits per heavy atom. The Kier molecular flexibility index (Phi) is 4.09. The van der Waals surface area contributed by atoms with Crippen LogP contribution in [-0.4, -0.2) is 29.6 Å². The molecule has 0 fully saturated rings. The van der Waals surface area contributed by atoms with E-state index in [1.54, 1.807) is 6.92 Å². The number of rotatable bonds is 2. The third-order valence-electron chi connectivity index (χ3n) is 4.04. The molecule has 0 aliphatic heterocycles. The average molecular weight is 281 g/mol. The predicted molar refractivity (Wildman–Crippen MR) is 89.1 cm³/mol. The number of nitrogens with zero attached hydrogens (tertiary/aromatic N) is 1. The van der Waals surface area contributed by atoms with Crippen LogP contribution < -0.4 is 0 Å². The van der Waals surface area contributed by atoms with Crippen molar-refractivity contribution in [3.05, 3.63) is 48.0 Å². The van der Waals surface area contributed by atoms with Crippen molar-refractivity contribution in [3.63, 3.8) is 0 Å². The summed E-state index contributed by atoms with van der Waals surface area (Å²) in [5.74, 6) is 6.20. The Hall–Kier alpha value is -1.82. The minimum atomic E-state index is -1.16. The maximum atomic E-state index is 10.7. The molecule has 0 bridgehead atoms. The van der Waals surface area contributed by atoms with E-state index in [2.05, 4.69) is 17.9 Å². The van der Waals surface area contributed by atoms with Gasteiger partial charge in [0.15, 0.2) is 0 Å². The van der Waals surface area contributed by atoms with E-state index in [-0.39, 0.29) is 5.54 Å². The smallest absolute Gasteiger partial charge is 0.148 e. The molecule has 2 aromatic rings. The zero-order valence-corrected chi connectivity index (χ0v) is 13.4. The van der Waals surface area contributed by atoms with E-state index in [1.807, 2.05) is 69.2 Å². The number of aliphatic hydroxyl groups is 1. The highest BCUT2D eigenvalue weighted by Crippen LogP contribution is 2.25. The van der Waals surface area contributed by atoms with Gasteiger partial charge in [-0.25, -0.2) is 0 Å². The summed E-state index contributed by atoms with van der Waals surface area (Å²) in [6.45, 7) is 5.82. The van der Waals surface area contributed by atoms with E-state index >= 15 is 0 Å². The fourth-order valence-corrected chi connectivity index (χ4v) is 1.95. The number of hydrogen-bond acceptors (Lipinski definition) is 2. The molecule has 1 N–H and O–H groups in total. The summed E-state index contributed by atoms with van der Waals surface area (Å²) in [7, 11) is 3.97. The lowest BCUT2D eigenvalue weighted by atomic mass is 9.92. The minimum absolute atomic E-state index is 0.277. The summed E-state index contributed by atoms with van der Waals surface area (Å²) >= 11 is 0. The van der Waals surface area contributed by atoms with Gasteiger partial charge in [0.05, 0.1) is 5.54 Å². The lowest BCUT2D eigenvalue weighted by Gasteiger charge is -2.27. The van der Waals surface area contributed by atoms with Gasteiger partial charge in [-0.05, 0) is 57.3 Å². The lowest BCUT2D eigenvalue weighted by molar-refractivity contribution is 0.121.